The monoisotopic (exact) mass is 350 g/mol. The van der Waals surface area contributed by atoms with E-state index in [1.807, 2.05) is 18.2 Å². The zero-order valence-electron chi connectivity index (χ0n) is 14.1. The van der Waals surface area contributed by atoms with Crippen molar-refractivity contribution < 1.29 is 9.53 Å². The van der Waals surface area contributed by atoms with E-state index in [9.17, 15) is 4.79 Å². The molecule has 2 aliphatic heterocycles. The Kier molecular flexibility index (Phi) is 5.36. The maximum absolute atomic E-state index is 12.0. The average molecular weight is 351 g/mol. The smallest absolute Gasteiger partial charge is 0.412 e. The van der Waals surface area contributed by atoms with E-state index < -0.39 is 5.60 Å². The molecular formula is C19H27ClN2O2. The molecule has 0 atom stereocenters. The van der Waals surface area contributed by atoms with Gasteiger partial charge < -0.3 is 9.64 Å². The van der Waals surface area contributed by atoms with Gasteiger partial charge in [-0.2, -0.15) is 0 Å². The van der Waals surface area contributed by atoms with E-state index in [1.54, 1.807) is 0 Å². The highest BCUT2D eigenvalue weighted by atomic mass is 35.5. The molecule has 2 heterocycles. The SMILES string of the molecule is Cl.O=C1Nc2ccccc2C2(CCN(C3CCCCCC3)CC2)O1. The number of fused-ring (bicyclic) bond motifs is 2. The molecule has 1 amide bonds. The van der Waals surface area contributed by atoms with E-state index in [0.717, 1.165) is 43.2 Å². The van der Waals surface area contributed by atoms with Gasteiger partial charge in [-0.3, -0.25) is 5.32 Å². The average Bonchev–Trinajstić information content (AvgIpc) is 2.85. The van der Waals surface area contributed by atoms with Gasteiger partial charge in [0.2, 0.25) is 0 Å². The zero-order valence-corrected chi connectivity index (χ0v) is 14.9. The Morgan fingerprint density at radius 2 is 1.71 bits per heavy atom. The highest BCUT2D eigenvalue weighted by molar-refractivity contribution is 5.88. The summed E-state index contributed by atoms with van der Waals surface area (Å²) >= 11 is 0. The Morgan fingerprint density at radius 3 is 2.42 bits per heavy atom. The molecule has 0 radical (unpaired) electrons. The summed E-state index contributed by atoms with van der Waals surface area (Å²) in [4.78, 5) is 14.6. The van der Waals surface area contributed by atoms with Crippen molar-refractivity contribution in [3.8, 4) is 0 Å². The van der Waals surface area contributed by atoms with Gasteiger partial charge in [0.1, 0.15) is 5.60 Å². The minimum absolute atomic E-state index is 0. The van der Waals surface area contributed by atoms with Crippen LogP contribution in [0.15, 0.2) is 24.3 Å². The normalized spacial score (nSPS) is 24.2. The fraction of sp³-hybridized carbons (Fsp3) is 0.632. The molecule has 0 unspecified atom stereocenters. The highest BCUT2D eigenvalue weighted by Gasteiger charge is 2.45. The second kappa shape index (κ2) is 7.32. The molecule has 1 N–H and O–H groups in total. The molecule has 132 valence electrons. The number of piperidine rings is 1. The number of para-hydroxylation sites is 1. The fourth-order valence-corrected chi connectivity index (χ4v) is 4.60. The topological polar surface area (TPSA) is 41.6 Å². The van der Waals surface area contributed by atoms with E-state index >= 15 is 0 Å². The third kappa shape index (κ3) is 3.27. The van der Waals surface area contributed by atoms with Crippen LogP contribution >= 0.6 is 12.4 Å². The van der Waals surface area contributed by atoms with Crippen molar-refractivity contribution in [2.75, 3.05) is 18.4 Å². The molecule has 1 spiro atoms. The summed E-state index contributed by atoms with van der Waals surface area (Å²) in [6.45, 7) is 2.07. The molecule has 1 saturated heterocycles. The second-order valence-electron chi connectivity index (χ2n) is 7.24. The maximum atomic E-state index is 12.0. The van der Waals surface area contributed by atoms with Gasteiger partial charge in [-0.05, 0) is 18.9 Å². The van der Waals surface area contributed by atoms with Crippen molar-refractivity contribution in [3.63, 3.8) is 0 Å². The molecule has 0 aromatic heterocycles. The largest absolute Gasteiger partial charge is 0.438 e. The lowest BCUT2D eigenvalue weighted by atomic mass is 9.81. The first kappa shape index (κ1) is 17.6. The van der Waals surface area contributed by atoms with Crippen molar-refractivity contribution in [2.45, 2.75) is 63.0 Å². The number of carbonyl (C=O) groups is 1. The van der Waals surface area contributed by atoms with E-state index in [4.69, 9.17) is 4.74 Å². The van der Waals surface area contributed by atoms with Crippen LogP contribution in [0.1, 0.15) is 56.9 Å². The molecule has 24 heavy (non-hydrogen) atoms. The zero-order chi connectivity index (χ0) is 15.7. The number of ether oxygens (including phenoxy) is 1. The maximum Gasteiger partial charge on any atom is 0.412 e. The molecular weight excluding hydrogens is 324 g/mol. The van der Waals surface area contributed by atoms with Crippen LogP contribution in [-0.4, -0.2) is 30.1 Å². The minimum Gasteiger partial charge on any atom is -0.438 e. The molecule has 1 aromatic rings. The predicted octanol–water partition coefficient (Wildman–Crippen LogP) is 4.68. The third-order valence-corrected chi connectivity index (χ3v) is 5.89. The Bertz CT molecular complexity index is 576. The highest BCUT2D eigenvalue weighted by Crippen LogP contribution is 2.44. The fourth-order valence-electron chi connectivity index (χ4n) is 4.60. The number of carbonyl (C=O) groups excluding carboxylic acids is 1. The number of benzene rings is 1. The van der Waals surface area contributed by atoms with Crippen molar-refractivity contribution in [3.05, 3.63) is 29.8 Å². The predicted molar refractivity (Wildman–Crippen MR) is 97.8 cm³/mol. The molecule has 4 rings (SSSR count). The van der Waals surface area contributed by atoms with E-state index in [2.05, 4.69) is 16.3 Å². The van der Waals surface area contributed by atoms with E-state index in [1.165, 1.54) is 38.5 Å². The second-order valence-corrected chi connectivity index (χ2v) is 7.24. The third-order valence-electron chi connectivity index (χ3n) is 5.89. The Morgan fingerprint density at radius 1 is 1.04 bits per heavy atom. The summed E-state index contributed by atoms with van der Waals surface area (Å²) in [6, 6.07) is 8.84. The molecule has 2 fully saturated rings. The van der Waals surface area contributed by atoms with Gasteiger partial charge in [0, 0.05) is 37.5 Å². The standard InChI is InChI=1S/C19H26N2O2.ClH/c22-18-20-17-10-6-5-9-16(17)19(23-18)11-13-21(14-12-19)15-7-3-1-2-4-8-15;/h5-6,9-10,15H,1-4,7-8,11-14H2,(H,20,22);1H. The number of halogens is 1. The number of hydrogen-bond acceptors (Lipinski definition) is 3. The first-order valence-electron chi connectivity index (χ1n) is 9.10. The summed E-state index contributed by atoms with van der Waals surface area (Å²) in [6.07, 6.45) is 9.72. The number of anilines is 1. The van der Waals surface area contributed by atoms with Gasteiger partial charge in [-0.15, -0.1) is 12.4 Å². The van der Waals surface area contributed by atoms with Crippen LogP contribution in [0.3, 0.4) is 0 Å². The van der Waals surface area contributed by atoms with Crippen LogP contribution in [0.2, 0.25) is 0 Å². The molecule has 3 aliphatic rings. The molecule has 4 nitrogen and oxygen atoms in total. The number of rotatable bonds is 1. The van der Waals surface area contributed by atoms with Gasteiger partial charge in [0.25, 0.3) is 0 Å². The summed E-state index contributed by atoms with van der Waals surface area (Å²) in [7, 11) is 0. The molecule has 1 saturated carbocycles. The Labute approximate surface area is 150 Å². The number of likely N-dealkylation sites (tertiary alicyclic amines) is 1. The molecule has 5 heteroatoms. The van der Waals surface area contributed by atoms with Gasteiger partial charge in [-0.25, -0.2) is 4.79 Å². The lowest BCUT2D eigenvalue weighted by Gasteiger charge is -2.46. The van der Waals surface area contributed by atoms with Crippen molar-refractivity contribution in [2.24, 2.45) is 0 Å². The van der Waals surface area contributed by atoms with Crippen LogP contribution in [0.5, 0.6) is 0 Å². The van der Waals surface area contributed by atoms with Gasteiger partial charge in [0.05, 0.1) is 5.69 Å². The summed E-state index contributed by atoms with van der Waals surface area (Å²) in [5.41, 5.74) is 1.66. The van der Waals surface area contributed by atoms with Crippen LogP contribution < -0.4 is 5.32 Å². The molecule has 1 aromatic carbocycles. The van der Waals surface area contributed by atoms with Crippen LogP contribution in [0.4, 0.5) is 10.5 Å². The molecule has 0 bridgehead atoms. The first-order valence-corrected chi connectivity index (χ1v) is 9.10. The van der Waals surface area contributed by atoms with Gasteiger partial charge in [0.15, 0.2) is 0 Å². The van der Waals surface area contributed by atoms with Crippen LogP contribution in [0.25, 0.3) is 0 Å². The summed E-state index contributed by atoms with van der Waals surface area (Å²) < 4.78 is 5.82. The lowest BCUT2D eigenvalue weighted by Crippen LogP contribution is -2.50. The van der Waals surface area contributed by atoms with Gasteiger partial charge in [-0.1, -0.05) is 43.9 Å². The van der Waals surface area contributed by atoms with E-state index in [0.29, 0.717) is 0 Å². The number of nitrogens with zero attached hydrogens (tertiary/aromatic N) is 1. The lowest BCUT2D eigenvalue weighted by molar-refractivity contribution is -0.0469. The molecule has 1 aliphatic carbocycles. The van der Waals surface area contributed by atoms with Crippen LogP contribution in [-0.2, 0) is 10.3 Å². The number of amides is 1. The van der Waals surface area contributed by atoms with Crippen molar-refractivity contribution >= 4 is 24.2 Å². The number of hydrogen-bond donors (Lipinski definition) is 1. The van der Waals surface area contributed by atoms with Crippen LogP contribution in [0, 0.1) is 0 Å². The Hall–Kier alpha value is -1.26. The van der Waals surface area contributed by atoms with Crippen molar-refractivity contribution in [1.29, 1.82) is 0 Å². The quantitative estimate of drug-likeness (QED) is 0.747. The number of nitrogens with one attached hydrogen (secondary N) is 1. The summed E-state index contributed by atoms with van der Waals surface area (Å²) in [5, 5.41) is 2.84. The van der Waals surface area contributed by atoms with Gasteiger partial charge >= 0.3 is 6.09 Å². The minimum atomic E-state index is -0.417. The summed E-state index contributed by atoms with van der Waals surface area (Å²) in [5.74, 6) is 0. The van der Waals surface area contributed by atoms with E-state index in [-0.39, 0.29) is 18.5 Å². The Balaban J connectivity index is 0.00000169. The first-order chi connectivity index (χ1) is 11.3. The van der Waals surface area contributed by atoms with Crippen molar-refractivity contribution in [1.82, 2.24) is 4.90 Å².